The van der Waals surface area contributed by atoms with Crippen LogP contribution in [0.1, 0.15) is 38.6 Å². The highest BCUT2D eigenvalue weighted by molar-refractivity contribution is 5.89. The molecule has 2 aromatic rings. The summed E-state index contributed by atoms with van der Waals surface area (Å²) in [6.07, 6.45) is 3.83. The van der Waals surface area contributed by atoms with Crippen LogP contribution >= 0.6 is 0 Å². The maximum atomic E-state index is 14.0. The second-order valence-electron chi connectivity index (χ2n) is 6.00. The van der Waals surface area contributed by atoms with Crippen LogP contribution in [0.25, 0.3) is 0 Å². The van der Waals surface area contributed by atoms with Gasteiger partial charge in [-0.2, -0.15) is 0 Å². The predicted octanol–water partition coefficient (Wildman–Crippen LogP) is 2.86. The zero-order valence-corrected chi connectivity index (χ0v) is 13.6. The number of carbonyl (C=O) groups excluding carboxylic acids is 1. The first-order valence-electron chi connectivity index (χ1n) is 7.92. The van der Waals surface area contributed by atoms with Gasteiger partial charge in [-0.15, -0.1) is 10.2 Å². The van der Waals surface area contributed by atoms with E-state index < -0.39 is 11.8 Å². The van der Waals surface area contributed by atoms with E-state index in [4.69, 9.17) is 4.74 Å². The molecule has 128 valence electrons. The molecule has 2 N–H and O–H groups in total. The molecule has 1 heterocycles. The average molecular weight is 333 g/mol. The summed E-state index contributed by atoms with van der Waals surface area (Å²) in [7, 11) is 0. The van der Waals surface area contributed by atoms with Gasteiger partial charge in [0.2, 0.25) is 0 Å². The molecule has 0 saturated heterocycles. The molecule has 0 bridgehead atoms. The van der Waals surface area contributed by atoms with Gasteiger partial charge in [-0.25, -0.2) is 9.18 Å². The molecule has 0 atom stereocenters. The van der Waals surface area contributed by atoms with Crippen LogP contribution in [-0.4, -0.2) is 26.9 Å². The lowest BCUT2D eigenvalue weighted by Crippen LogP contribution is -2.29. The molecule has 1 aromatic heterocycles. The fourth-order valence-corrected chi connectivity index (χ4v) is 2.32. The van der Waals surface area contributed by atoms with E-state index in [1.807, 2.05) is 18.4 Å². The molecule has 1 aromatic carbocycles. The zero-order valence-electron chi connectivity index (χ0n) is 13.6. The van der Waals surface area contributed by atoms with Crippen LogP contribution in [0.15, 0.2) is 24.5 Å². The van der Waals surface area contributed by atoms with Crippen LogP contribution in [0.4, 0.5) is 14.9 Å². The second kappa shape index (κ2) is 6.86. The average Bonchev–Trinajstić information content (AvgIpc) is 3.26. The highest BCUT2D eigenvalue weighted by atomic mass is 19.1. The number of hydrogen-bond acceptors (Lipinski definition) is 4. The molecule has 8 heteroatoms. The van der Waals surface area contributed by atoms with Gasteiger partial charge in [0.25, 0.3) is 0 Å². The van der Waals surface area contributed by atoms with Crippen molar-refractivity contribution in [3.8, 4) is 5.75 Å². The van der Waals surface area contributed by atoms with Crippen LogP contribution in [-0.2, 0) is 6.54 Å². The minimum atomic E-state index is -0.551. The van der Waals surface area contributed by atoms with Crippen molar-refractivity contribution < 1.29 is 13.9 Å². The first kappa shape index (κ1) is 16.2. The van der Waals surface area contributed by atoms with Crippen molar-refractivity contribution in [2.75, 3.05) is 5.32 Å². The number of aromatic nitrogens is 3. The number of nitrogens with zero attached hydrogens (tertiary/aromatic N) is 3. The smallest absolute Gasteiger partial charge is 0.319 e. The van der Waals surface area contributed by atoms with Crippen LogP contribution < -0.4 is 15.4 Å². The number of ether oxygens (including phenoxy) is 1. The molecule has 0 spiro atoms. The Hall–Kier alpha value is -2.64. The van der Waals surface area contributed by atoms with E-state index in [-0.39, 0.29) is 18.3 Å². The normalized spacial score (nSPS) is 13.8. The van der Waals surface area contributed by atoms with Gasteiger partial charge in [0, 0.05) is 12.1 Å². The number of amides is 2. The van der Waals surface area contributed by atoms with Gasteiger partial charge >= 0.3 is 6.03 Å². The van der Waals surface area contributed by atoms with Crippen molar-refractivity contribution in [2.24, 2.45) is 0 Å². The fraction of sp³-hybridized carbons (Fsp3) is 0.438. The summed E-state index contributed by atoms with van der Waals surface area (Å²) in [6.45, 7) is 3.95. The minimum absolute atomic E-state index is 0.0460. The second-order valence-corrected chi connectivity index (χ2v) is 6.00. The maximum Gasteiger partial charge on any atom is 0.319 e. The van der Waals surface area contributed by atoms with Crippen molar-refractivity contribution in [1.29, 1.82) is 0 Å². The molecule has 2 amide bonds. The summed E-state index contributed by atoms with van der Waals surface area (Å²) in [5.74, 6) is 0.559. The summed E-state index contributed by atoms with van der Waals surface area (Å²) < 4.78 is 21.4. The van der Waals surface area contributed by atoms with Crippen molar-refractivity contribution in [3.63, 3.8) is 0 Å². The molecule has 24 heavy (non-hydrogen) atoms. The number of urea groups is 1. The number of anilines is 1. The molecule has 0 radical (unpaired) electrons. The van der Waals surface area contributed by atoms with E-state index in [1.54, 1.807) is 12.4 Å². The van der Waals surface area contributed by atoms with Crippen molar-refractivity contribution in [1.82, 2.24) is 20.1 Å². The molecule has 1 aliphatic carbocycles. The summed E-state index contributed by atoms with van der Waals surface area (Å²) in [4.78, 5) is 11.9. The third-order valence-corrected chi connectivity index (χ3v) is 3.56. The third-order valence-electron chi connectivity index (χ3n) is 3.56. The van der Waals surface area contributed by atoms with E-state index in [9.17, 15) is 9.18 Å². The van der Waals surface area contributed by atoms with E-state index in [1.165, 1.54) is 12.1 Å². The topological polar surface area (TPSA) is 81.1 Å². The number of rotatable bonds is 6. The summed E-state index contributed by atoms with van der Waals surface area (Å²) in [6, 6.07) is 4.27. The quantitative estimate of drug-likeness (QED) is 0.852. The van der Waals surface area contributed by atoms with E-state index in [2.05, 4.69) is 20.8 Å². The lowest BCUT2D eigenvalue weighted by Gasteiger charge is -2.12. The Kier molecular flexibility index (Phi) is 4.64. The fourth-order valence-electron chi connectivity index (χ4n) is 2.32. The Morgan fingerprint density at radius 1 is 1.46 bits per heavy atom. The van der Waals surface area contributed by atoms with Gasteiger partial charge in [0.1, 0.15) is 17.9 Å². The number of carbonyl (C=O) groups is 1. The number of halogens is 1. The van der Waals surface area contributed by atoms with Gasteiger partial charge in [0.05, 0.1) is 18.3 Å². The maximum absolute atomic E-state index is 14.0. The molecule has 3 rings (SSSR count). The standard InChI is InChI=1S/C16H20FN5O2/c1-10(2)24-12-5-6-14(13(17)7-12)20-16(23)18-8-15-21-19-9-22(15)11-3-4-11/h5-7,9-11H,3-4,8H2,1-2H3,(H2,18,20,23). The summed E-state index contributed by atoms with van der Waals surface area (Å²) >= 11 is 0. The van der Waals surface area contributed by atoms with E-state index in [0.29, 0.717) is 17.6 Å². The van der Waals surface area contributed by atoms with Crippen LogP contribution in [0.3, 0.4) is 0 Å². The zero-order chi connectivity index (χ0) is 17.1. The van der Waals surface area contributed by atoms with Crippen LogP contribution in [0, 0.1) is 5.82 Å². The molecule has 7 nitrogen and oxygen atoms in total. The highest BCUT2D eigenvalue weighted by Gasteiger charge is 2.26. The molecule has 1 fully saturated rings. The first-order chi connectivity index (χ1) is 11.5. The molecule has 0 unspecified atom stereocenters. The van der Waals surface area contributed by atoms with Gasteiger partial charge < -0.3 is 19.9 Å². The SMILES string of the molecule is CC(C)Oc1ccc(NC(=O)NCc2nncn2C2CC2)c(F)c1. The molecule has 1 aliphatic rings. The Morgan fingerprint density at radius 2 is 2.25 bits per heavy atom. The highest BCUT2D eigenvalue weighted by Crippen LogP contribution is 2.35. The van der Waals surface area contributed by atoms with Crippen molar-refractivity contribution in [2.45, 2.75) is 45.4 Å². The lowest BCUT2D eigenvalue weighted by atomic mass is 10.3. The molecule has 1 saturated carbocycles. The Labute approximate surface area is 139 Å². The Morgan fingerprint density at radius 3 is 2.92 bits per heavy atom. The van der Waals surface area contributed by atoms with Crippen LogP contribution in [0.5, 0.6) is 5.75 Å². The minimum Gasteiger partial charge on any atom is -0.491 e. The predicted molar refractivity (Wildman–Crippen MR) is 86.3 cm³/mol. The summed E-state index contributed by atoms with van der Waals surface area (Å²) in [5.41, 5.74) is 0.0901. The van der Waals surface area contributed by atoms with Crippen molar-refractivity contribution in [3.05, 3.63) is 36.2 Å². The lowest BCUT2D eigenvalue weighted by molar-refractivity contribution is 0.241. The largest absolute Gasteiger partial charge is 0.491 e. The Balaban J connectivity index is 1.55. The molecular formula is C16H20FN5O2. The van der Waals surface area contributed by atoms with E-state index >= 15 is 0 Å². The summed E-state index contributed by atoms with van der Waals surface area (Å²) in [5, 5.41) is 13.0. The monoisotopic (exact) mass is 333 g/mol. The number of nitrogens with one attached hydrogen (secondary N) is 2. The van der Waals surface area contributed by atoms with E-state index in [0.717, 1.165) is 12.8 Å². The number of hydrogen-bond donors (Lipinski definition) is 2. The van der Waals surface area contributed by atoms with Gasteiger partial charge in [-0.05, 0) is 38.8 Å². The first-order valence-corrected chi connectivity index (χ1v) is 7.92. The van der Waals surface area contributed by atoms with Crippen LogP contribution in [0.2, 0.25) is 0 Å². The molecular weight excluding hydrogens is 313 g/mol. The third kappa shape index (κ3) is 4.01. The van der Waals surface area contributed by atoms with Gasteiger partial charge in [-0.3, -0.25) is 0 Å². The Bertz CT molecular complexity index is 727. The van der Waals surface area contributed by atoms with Crippen molar-refractivity contribution >= 4 is 11.7 Å². The van der Waals surface area contributed by atoms with Gasteiger partial charge in [0.15, 0.2) is 5.82 Å². The van der Waals surface area contributed by atoms with Gasteiger partial charge in [-0.1, -0.05) is 0 Å². The number of benzene rings is 1. The molecule has 0 aliphatic heterocycles.